The number of hydrazine groups is 1. The van der Waals surface area contributed by atoms with Crippen molar-refractivity contribution >= 4 is 27.9 Å². The molecule has 0 saturated carbocycles. The van der Waals surface area contributed by atoms with Crippen LogP contribution < -0.4 is 10.9 Å². The molecular weight excluding hydrogens is 364 g/mol. The number of aromatic nitrogens is 4. The fourth-order valence-corrected chi connectivity index (χ4v) is 2.46. The van der Waals surface area contributed by atoms with Crippen molar-refractivity contribution in [2.45, 2.75) is 13.5 Å². The minimum Gasteiger partial charge on any atom is -0.343 e. The molecule has 1 amide bonds. The fourth-order valence-electron chi connectivity index (χ4n) is 1.99. The van der Waals surface area contributed by atoms with Gasteiger partial charge in [-0.05, 0) is 41.1 Å². The van der Waals surface area contributed by atoms with E-state index in [1.54, 1.807) is 30.6 Å². The Morgan fingerprint density at radius 1 is 1.39 bits per heavy atom. The van der Waals surface area contributed by atoms with Gasteiger partial charge >= 0.3 is 6.01 Å². The molecule has 0 aliphatic heterocycles. The van der Waals surface area contributed by atoms with Crippen LogP contribution in [0.3, 0.4) is 0 Å². The highest BCUT2D eigenvalue weighted by molar-refractivity contribution is 9.10. The summed E-state index contributed by atoms with van der Waals surface area (Å²) < 4.78 is 7.70. The lowest BCUT2D eigenvalue weighted by Crippen LogP contribution is -2.31. The summed E-state index contributed by atoms with van der Waals surface area (Å²) in [7, 11) is 0. The average Bonchev–Trinajstić information content (AvgIpc) is 3.20. The Balaban J connectivity index is 1.67. The number of amides is 1. The van der Waals surface area contributed by atoms with Crippen molar-refractivity contribution in [2.75, 3.05) is 5.43 Å². The number of halogens is 1. The van der Waals surface area contributed by atoms with Crippen molar-refractivity contribution in [3.8, 4) is 11.4 Å². The van der Waals surface area contributed by atoms with Crippen molar-refractivity contribution in [1.29, 1.82) is 0 Å². The predicted octanol–water partition coefficient (Wildman–Crippen LogP) is 2.47. The van der Waals surface area contributed by atoms with E-state index in [1.165, 1.54) is 0 Å². The van der Waals surface area contributed by atoms with Gasteiger partial charge in [0.2, 0.25) is 5.82 Å². The van der Waals surface area contributed by atoms with Crippen LogP contribution in [0.2, 0.25) is 0 Å². The number of carbonyl (C=O) groups is 1. The van der Waals surface area contributed by atoms with Crippen molar-refractivity contribution in [2.24, 2.45) is 0 Å². The zero-order valence-electron chi connectivity index (χ0n) is 12.2. The van der Waals surface area contributed by atoms with E-state index in [0.717, 1.165) is 10.0 Å². The molecule has 3 aromatic rings. The number of rotatable bonds is 5. The molecule has 0 bridgehead atoms. The third-order valence-corrected chi connectivity index (χ3v) is 3.52. The van der Waals surface area contributed by atoms with Gasteiger partial charge in [0.15, 0.2) is 0 Å². The highest BCUT2D eigenvalue weighted by Crippen LogP contribution is 2.17. The smallest absolute Gasteiger partial charge is 0.340 e. The van der Waals surface area contributed by atoms with E-state index in [0.29, 0.717) is 18.1 Å². The van der Waals surface area contributed by atoms with E-state index in [9.17, 15) is 4.79 Å². The van der Waals surface area contributed by atoms with Crippen LogP contribution >= 0.6 is 15.9 Å². The lowest BCUT2D eigenvalue weighted by Gasteiger charge is -2.06. The molecule has 0 fully saturated rings. The van der Waals surface area contributed by atoms with Crippen LogP contribution in [0, 0.1) is 0 Å². The Morgan fingerprint density at radius 2 is 2.17 bits per heavy atom. The van der Waals surface area contributed by atoms with Gasteiger partial charge in [-0.3, -0.25) is 15.2 Å². The van der Waals surface area contributed by atoms with Gasteiger partial charge in [0.1, 0.15) is 5.69 Å². The van der Waals surface area contributed by atoms with Crippen LogP contribution in [-0.4, -0.2) is 25.6 Å². The minimum atomic E-state index is -0.304. The van der Waals surface area contributed by atoms with Crippen molar-refractivity contribution < 1.29 is 9.32 Å². The molecule has 0 atom stereocenters. The molecule has 0 aliphatic carbocycles. The molecule has 3 heterocycles. The number of nitrogens with one attached hydrogen (secondary N) is 2. The van der Waals surface area contributed by atoms with Gasteiger partial charge in [0.25, 0.3) is 5.91 Å². The number of carbonyl (C=O) groups excluding carboxylic acids is 1. The number of anilines is 1. The van der Waals surface area contributed by atoms with E-state index in [-0.39, 0.29) is 11.9 Å². The van der Waals surface area contributed by atoms with E-state index in [1.807, 2.05) is 17.7 Å². The maximum atomic E-state index is 12.2. The number of nitrogens with zero attached hydrogens (tertiary/aromatic N) is 4. The van der Waals surface area contributed by atoms with Gasteiger partial charge < -0.3 is 9.09 Å². The Morgan fingerprint density at radius 3 is 2.91 bits per heavy atom. The van der Waals surface area contributed by atoms with Gasteiger partial charge in [0, 0.05) is 35.2 Å². The molecule has 9 heteroatoms. The fraction of sp³-hybridized carbons (Fsp3) is 0.143. The van der Waals surface area contributed by atoms with Crippen molar-refractivity contribution in [1.82, 2.24) is 25.1 Å². The molecule has 2 N–H and O–H groups in total. The lowest BCUT2D eigenvalue weighted by atomic mass is 10.3. The van der Waals surface area contributed by atoms with E-state index >= 15 is 0 Å². The molecule has 0 aliphatic rings. The lowest BCUT2D eigenvalue weighted by molar-refractivity contribution is 0.0952. The Bertz CT molecular complexity index is 814. The SMILES string of the molecule is CCn1cc(Br)cc1C(=O)NNc1nc(-c2ccncc2)no1. The molecule has 0 unspecified atom stereocenters. The molecule has 8 nitrogen and oxygen atoms in total. The second-order valence-electron chi connectivity index (χ2n) is 4.57. The molecule has 0 spiro atoms. The highest BCUT2D eigenvalue weighted by Gasteiger charge is 2.14. The summed E-state index contributed by atoms with van der Waals surface area (Å²) in [5, 5.41) is 3.83. The first kappa shape index (κ1) is 15.2. The number of aryl methyl sites for hydroxylation is 1. The van der Waals surface area contributed by atoms with Gasteiger partial charge in [-0.2, -0.15) is 4.98 Å². The molecular formula is C14H13BrN6O2. The first-order chi connectivity index (χ1) is 11.2. The summed E-state index contributed by atoms with van der Waals surface area (Å²) in [6.45, 7) is 2.64. The largest absolute Gasteiger partial charge is 0.343 e. The van der Waals surface area contributed by atoms with E-state index in [4.69, 9.17) is 4.52 Å². The zero-order valence-corrected chi connectivity index (χ0v) is 13.7. The first-order valence-corrected chi connectivity index (χ1v) is 7.63. The molecule has 0 radical (unpaired) electrons. The summed E-state index contributed by atoms with van der Waals surface area (Å²) in [5.74, 6) is 0.102. The molecule has 0 saturated heterocycles. The zero-order chi connectivity index (χ0) is 16.2. The average molecular weight is 377 g/mol. The van der Waals surface area contributed by atoms with Crippen LogP contribution in [0.15, 0.2) is 45.8 Å². The maximum absolute atomic E-state index is 12.2. The summed E-state index contributed by atoms with van der Waals surface area (Å²) in [6, 6.07) is 5.35. The quantitative estimate of drug-likeness (QED) is 0.663. The molecule has 118 valence electrons. The van der Waals surface area contributed by atoms with Gasteiger partial charge in [0.05, 0.1) is 0 Å². The molecule has 3 rings (SSSR count). The molecule has 23 heavy (non-hydrogen) atoms. The van der Waals surface area contributed by atoms with Crippen molar-refractivity contribution in [3.63, 3.8) is 0 Å². The summed E-state index contributed by atoms with van der Waals surface area (Å²) >= 11 is 3.35. The van der Waals surface area contributed by atoms with Crippen molar-refractivity contribution in [3.05, 3.63) is 47.0 Å². The Kier molecular flexibility index (Phi) is 4.38. The van der Waals surface area contributed by atoms with Gasteiger partial charge in [-0.15, -0.1) is 0 Å². The normalized spacial score (nSPS) is 10.5. The maximum Gasteiger partial charge on any atom is 0.340 e. The monoisotopic (exact) mass is 376 g/mol. The van der Waals surface area contributed by atoms with Gasteiger partial charge in [-0.1, -0.05) is 5.16 Å². The van der Waals surface area contributed by atoms with Gasteiger partial charge in [-0.25, -0.2) is 5.43 Å². The number of hydrogen-bond donors (Lipinski definition) is 2. The summed E-state index contributed by atoms with van der Waals surface area (Å²) in [5.41, 5.74) is 6.42. The van der Waals surface area contributed by atoms with E-state index in [2.05, 4.69) is 41.9 Å². The third kappa shape index (κ3) is 3.39. The predicted molar refractivity (Wildman–Crippen MR) is 86.4 cm³/mol. The third-order valence-electron chi connectivity index (χ3n) is 3.08. The number of hydrogen-bond acceptors (Lipinski definition) is 6. The van der Waals surface area contributed by atoms with Crippen LogP contribution in [0.5, 0.6) is 0 Å². The topological polar surface area (TPSA) is 97.9 Å². The second kappa shape index (κ2) is 6.61. The Labute approximate surface area is 140 Å². The first-order valence-electron chi connectivity index (χ1n) is 6.83. The van der Waals surface area contributed by atoms with Crippen LogP contribution in [-0.2, 0) is 6.54 Å². The van der Waals surface area contributed by atoms with E-state index < -0.39 is 0 Å². The van der Waals surface area contributed by atoms with Crippen LogP contribution in [0.25, 0.3) is 11.4 Å². The number of pyridine rings is 1. The summed E-state index contributed by atoms with van der Waals surface area (Å²) in [6.07, 6.45) is 5.11. The molecule has 3 aromatic heterocycles. The molecule has 0 aromatic carbocycles. The minimum absolute atomic E-state index is 0.0961. The highest BCUT2D eigenvalue weighted by atomic mass is 79.9. The standard InChI is InChI=1S/C14H13BrN6O2/c1-2-21-8-10(15)7-11(21)13(22)18-19-14-17-12(20-23-14)9-3-5-16-6-4-9/h3-8H,2H2,1H3,(H,18,22)(H,17,19,20). The second-order valence-corrected chi connectivity index (χ2v) is 5.48. The summed E-state index contributed by atoms with van der Waals surface area (Å²) in [4.78, 5) is 20.2. The Hall–Kier alpha value is -2.68. The van der Waals surface area contributed by atoms with Crippen LogP contribution in [0.1, 0.15) is 17.4 Å². The van der Waals surface area contributed by atoms with Crippen LogP contribution in [0.4, 0.5) is 6.01 Å².